The predicted octanol–water partition coefficient (Wildman–Crippen LogP) is 3.06. The zero-order valence-electron chi connectivity index (χ0n) is 10.6. The molecule has 0 atom stereocenters. The van der Waals surface area contributed by atoms with Crippen LogP contribution in [0.15, 0.2) is 29.5 Å². The average molecular weight is 371 g/mol. The van der Waals surface area contributed by atoms with Crippen molar-refractivity contribution in [2.75, 3.05) is 6.54 Å². The van der Waals surface area contributed by atoms with Gasteiger partial charge in [0.2, 0.25) is 0 Å². The standard InChI is InChI=1S/C11H16N4S.2ClH.Cu/c1-3-7-13-11(16)15-14-9(2)10-6-4-5-8-12-10;;;/h4-6,8H,3,7H2,1-2H3,(H2,13,15,16);2*1H;/q;;;+2/p-2. The second-order valence-electron chi connectivity index (χ2n) is 3.32. The van der Waals surface area contributed by atoms with Crippen molar-refractivity contribution in [3.63, 3.8) is 0 Å². The number of nitrogens with one attached hydrogen (secondary N) is 2. The van der Waals surface area contributed by atoms with Crippen LogP contribution in [0.4, 0.5) is 0 Å². The second kappa shape index (κ2) is 12.6. The maximum absolute atomic E-state index is 5.04. The Balaban J connectivity index is 0.000000982. The molecule has 8 heteroatoms. The Hall–Kier alpha value is -0.391. The summed E-state index contributed by atoms with van der Waals surface area (Å²) in [5, 5.41) is 7.72. The molecule has 0 aliphatic rings. The molecule has 111 valence electrons. The molecule has 0 saturated carbocycles. The zero-order valence-corrected chi connectivity index (χ0v) is 13.9. The van der Waals surface area contributed by atoms with E-state index in [1.165, 1.54) is 0 Å². The number of hydrogen-bond donors (Lipinski definition) is 2. The molecule has 1 aromatic rings. The number of nitrogens with zero attached hydrogens (tertiary/aromatic N) is 2. The van der Waals surface area contributed by atoms with Crippen LogP contribution in [0.5, 0.6) is 0 Å². The first-order valence-corrected chi connectivity index (χ1v) is 8.46. The predicted molar refractivity (Wildman–Crippen MR) is 82.2 cm³/mol. The van der Waals surface area contributed by atoms with Gasteiger partial charge in [0.15, 0.2) is 5.11 Å². The van der Waals surface area contributed by atoms with Crippen LogP contribution in [-0.2, 0) is 13.1 Å². The first kappa shape index (κ1) is 18.6. The van der Waals surface area contributed by atoms with Crippen LogP contribution in [0.3, 0.4) is 0 Å². The van der Waals surface area contributed by atoms with E-state index in [1.807, 2.05) is 25.1 Å². The van der Waals surface area contributed by atoms with Gasteiger partial charge in [-0.3, -0.25) is 10.4 Å². The SMILES string of the molecule is CCCNC(=S)NN=C(C)c1ccccn1.[Cl][Cu][Cl]. The Morgan fingerprint density at radius 1 is 1.47 bits per heavy atom. The number of thiocarbonyl (C=S) groups is 1. The zero-order chi connectivity index (χ0) is 14.5. The van der Waals surface area contributed by atoms with Crippen molar-refractivity contribution < 1.29 is 13.1 Å². The third-order valence-corrected chi connectivity index (χ3v) is 2.13. The van der Waals surface area contributed by atoms with E-state index in [0.29, 0.717) is 5.11 Å². The summed E-state index contributed by atoms with van der Waals surface area (Å²) in [4.78, 5) is 4.18. The maximum atomic E-state index is 5.04. The number of rotatable bonds is 4. The molecule has 0 radical (unpaired) electrons. The van der Waals surface area contributed by atoms with Gasteiger partial charge in [-0.1, -0.05) is 13.0 Å². The minimum atomic E-state index is 0.539. The van der Waals surface area contributed by atoms with Crippen molar-refractivity contribution in [2.24, 2.45) is 5.10 Å². The molecule has 0 aromatic carbocycles. The molecule has 1 aromatic heterocycles. The van der Waals surface area contributed by atoms with Crippen LogP contribution in [0, 0.1) is 0 Å². The molecule has 1 heterocycles. The molecule has 0 aliphatic heterocycles. The van der Waals surface area contributed by atoms with E-state index in [9.17, 15) is 0 Å². The summed E-state index contributed by atoms with van der Waals surface area (Å²) in [5.41, 5.74) is 4.43. The van der Waals surface area contributed by atoms with E-state index < -0.39 is 0 Å². The molecule has 0 amide bonds. The molecule has 2 N–H and O–H groups in total. The summed E-state index contributed by atoms with van der Waals surface area (Å²) >= 11 is 5.80. The van der Waals surface area contributed by atoms with E-state index in [-0.39, 0.29) is 0 Å². The van der Waals surface area contributed by atoms with Crippen molar-refractivity contribution >= 4 is 43.2 Å². The van der Waals surface area contributed by atoms with Gasteiger partial charge in [0.25, 0.3) is 0 Å². The Morgan fingerprint density at radius 2 is 2.16 bits per heavy atom. The molecule has 0 bridgehead atoms. The Bertz CT molecular complexity index is 390. The molecule has 1 rings (SSSR count). The number of hydrazone groups is 1. The van der Waals surface area contributed by atoms with Gasteiger partial charge in [-0.25, -0.2) is 0 Å². The molecule has 0 spiro atoms. The molecule has 0 aliphatic carbocycles. The molecule has 19 heavy (non-hydrogen) atoms. The van der Waals surface area contributed by atoms with Crippen LogP contribution in [0.1, 0.15) is 26.0 Å². The van der Waals surface area contributed by atoms with Gasteiger partial charge in [-0.15, -0.1) is 0 Å². The second-order valence-corrected chi connectivity index (χ2v) is 5.29. The van der Waals surface area contributed by atoms with Gasteiger partial charge in [0.05, 0.1) is 11.4 Å². The van der Waals surface area contributed by atoms with Crippen molar-refractivity contribution in [3.8, 4) is 0 Å². The van der Waals surface area contributed by atoms with Crippen molar-refractivity contribution in [1.82, 2.24) is 15.7 Å². The summed E-state index contributed by atoms with van der Waals surface area (Å²) < 4.78 is 0. The van der Waals surface area contributed by atoms with E-state index in [0.717, 1.165) is 37.5 Å². The van der Waals surface area contributed by atoms with Gasteiger partial charge < -0.3 is 5.32 Å². The molecular weight excluding hydrogens is 355 g/mol. The number of pyridine rings is 1. The average Bonchev–Trinajstić information content (AvgIpc) is 2.44. The molecular formula is C11H16Cl2CuN4S. The van der Waals surface area contributed by atoms with Crippen LogP contribution in [0.25, 0.3) is 0 Å². The molecule has 4 nitrogen and oxygen atoms in total. The van der Waals surface area contributed by atoms with Gasteiger partial charge in [-0.05, 0) is 37.7 Å². The number of aromatic nitrogens is 1. The van der Waals surface area contributed by atoms with Gasteiger partial charge >= 0.3 is 33.3 Å². The van der Waals surface area contributed by atoms with Gasteiger partial charge in [-0.2, -0.15) is 5.10 Å². The van der Waals surface area contributed by atoms with E-state index >= 15 is 0 Å². The third kappa shape index (κ3) is 10.1. The van der Waals surface area contributed by atoms with Crippen molar-refractivity contribution in [3.05, 3.63) is 30.1 Å². The van der Waals surface area contributed by atoms with E-state index in [2.05, 4.69) is 47.9 Å². The summed E-state index contributed by atoms with van der Waals surface area (Å²) in [6.45, 7) is 4.82. The Labute approximate surface area is 134 Å². The third-order valence-electron chi connectivity index (χ3n) is 1.90. The Kier molecular flexibility index (Phi) is 12.4. The minimum absolute atomic E-state index is 0.539. The first-order valence-electron chi connectivity index (χ1n) is 5.46. The van der Waals surface area contributed by atoms with Crippen LogP contribution < -0.4 is 10.7 Å². The van der Waals surface area contributed by atoms with Gasteiger partial charge in [0.1, 0.15) is 0 Å². The van der Waals surface area contributed by atoms with Gasteiger partial charge in [0, 0.05) is 12.7 Å². The fourth-order valence-corrected chi connectivity index (χ4v) is 1.19. The summed E-state index contributed by atoms with van der Waals surface area (Å²) in [6.07, 6.45) is 2.77. The summed E-state index contributed by atoms with van der Waals surface area (Å²) in [5.74, 6) is 0. The molecule has 0 saturated heterocycles. The number of halogens is 2. The first-order chi connectivity index (χ1) is 9.15. The molecule has 0 fully saturated rings. The monoisotopic (exact) mass is 369 g/mol. The normalized spacial score (nSPS) is 10.4. The fraction of sp³-hybridized carbons (Fsp3) is 0.364. The van der Waals surface area contributed by atoms with Crippen molar-refractivity contribution in [1.29, 1.82) is 0 Å². The Morgan fingerprint density at radius 3 is 2.68 bits per heavy atom. The van der Waals surface area contributed by atoms with Crippen LogP contribution in [-0.4, -0.2) is 22.4 Å². The summed E-state index contributed by atoms with van der Waals surface area (Å²) in [6, 6.07) is 5.70. The van der Waals surface area contributed by atoms with E-state index in [1.54, 1.807) is 6.20 Å². The fourth-order valence-electron chi connectivity index (χ4n) is 1.05. The quantitative estimate of drug-likeness (QED) is 0.370. The van der Waals surface area contributed by atoms with Crippen LogP contribution >= 0.6 is 32.4 Å². The van der Waals surface area contributed by atoms with E-state index in [4.69, 9.17) is 12.2 Å². The topological polar surface area (TPSA) is 49.3 Å². The number of hydrogen-bond acceptors (Lipinski definition) is 3. The summed E-state index contributed by atoms with van der Waals surface area (Å²) in [7, 11) is 9.34. The van der Waals surface area contributed by atoms with Crippen LogP contribution in [0.2, 0.25) is 0 Å². The van der Waals surface area contributed by atoms with Crippen molar-refractivity contribution in [2.45, 2.75) is 20.3 Å². The molecule has 0 unspecified atom stereocenters.